The molecular formula is C20H28N4O3S. The van der Waals surface area contributed by atoms with Crippen LogP contribution in [0, 0.1) is 10.1 Å². The molecule has 0 saturated heterocycles. The molecule has 0 atom stereocenters. The first-order valence-corrected chi connectivity index (χ1v) is 10.4. The molecule has 1 heterocycles. The van der Waals surface area contributed by atoms with E-state index in [1.165, 1.54) is 0 Å². The van der Waals surface area contributed by atoms with Gasteiger partial charge in [-0.1, -0.05) is 39.2 Å². The lowest BCUT2D eigenvalue weighted by Crippen LogP contribution is -2.36. The highest BCUT2D eigenvalue weighted by Gasteiger charge is 2.17. The molecule has 28 heavy (non-hydrogen) atoms. The Morgan fingerprint density at radius 2 is 2.07 bits per heavy atom. The second-order valence-electron chi connectivity index (χ2n) is 6.33. The van der Waals surface area contributed by atoms with Gasteiger partial charge in [0.05, 0.1) is 22.1 Å². The number of nitro benzene ring substituents is 1. The number of ether oxygens (including phenoxy) is 1. The highest BCUT2D eigenvalue weighted by Crippen LogP contribution is 2.36. The van der Waals surface area contributed by atoms with Crippen molar-refractivity contribution in [1.29, 1.82) is 0 Å². The van der Waals surface area contributed by atoms with Crippen molar-refractivity contribution in [1.82, 2.24) is 11.0 Å². The molecule has 2 aromatic rings. The van der Waals surface area contributed by atoms with Crippen LogP contribution in [-0.4, -0.2) is 11.5 Å². The summed E-state index contributed by atoms with van der Waals surface area (Å²) in [5, 5.41) is 11.5. The molecule has 0 saturated carbocycles. The fourth-order valence-electron chi connectivity index (χ4n) is 2.69. The van der Waals surface area contributed by atoms with Gasteiger partial charge in [0.15, 0.2) is 5.75 Å². The summed E-state index contributed by atoms with van der Waals surface area (Å²) < 4.78 is 5.63. The van der Waals surface area contributed by atoms with Gasteiger partial charge in [0.1, 0.15) is 0 Å². The van der Waals surface area contributed by atoms with Crippen molar-refractivity contribution < 1.29 is 9.66 Å². The highest BCUT2D eigenvalue weighted by molar-refractivity contribution is 7.16. The maximum absolute atomic E-state index is 11.5. The number of thiophene rings is 1. The van der Waals surface area contributed by atoms with E-state index in [9.17, 15) is 10.1 Å². The largest absolute Gasteiger partial charge is 0.487 e. The smallest absolute Gasteiger partial charge is 0.311 e. The Morgan fingerprint density at radius 1 is 1.25 bits per heavy atom. The number of unbranched alkanes of at least 4 members (excludes halogenated alkanes) is 3. The van der Waals surface area contributed by atoms with Gasteiger partial charge in [0, 0.05) is 10.9 Å². The third-order valence-electron chi connectivity index (χ3n) is 4.16. The van der Waals surface area contributed by atoms with Crippen LogP contribution in [0.25, 0.3) is 16.1 Å². The normalized spacial score (nSPS) is 11.5. The third-order valence-corrected chi connectivity index (χ3v) is 5.33. The predicted molar refractivity (Wildman–Crippen MR) is 115 cm³/mol. The number of rotatable bonds is 12. The molecule has 1 aromatic carbocycles. The zero-order chi connectivity index (χ0) is 20.4. The van der Waals surface area contributed by atoms with E-state index in [-0.39, 0.29) is 10.6 Å². The summed E-state index contributed by atoms with van der Waals surface area (Å²) in [7, 11) is 0. The summed E-state index contributed by atoms with van der Waals surface area (Å²) in [4.78, 5) is 13.1. The molecule has 0 bridgehead atoms. The van der Waals surface area contributed by atoms with Gasteiger partial charge >= 0.3 is 5.69 Å². The van der Waals surface area contributed by atoms with Crippen LogP contribution in [0.4, 0.5) is 5.69 Å². The fraction of sp³-hybridized carbons (Fsp3) is 0.400. The van der Waals surface area contributed by atoms with Crippen LogP contribution in [0.2, 0.25) is 0 Å². The molecule has 0 aliphatic carbocycles. The van der Waals surface area contributed by atoms with Crippen LogP contribution >= 0.6 is 11.3 Å². The number of nitro groups is 1. The Bertz CT molecular complexity index is 804. The van der Waals surface area contributed by atoms with Crippen molar-refractivity contribution in [2.24, 2.45) is 5.84 Å². The minimum Gasteiger partial charge on any atom is -0.487 e. The van der Waals surface area contributed by atoms with Crippen LogP contribution in [0.3, 0.4) is 0 Å². The number of hydrazine groups is 2. The van der Waals surface area contributed by atoms with E-state index >= 15 is 0 Å². The van der Waals surface area contributed by atoms with Crippen LogP contribution in [0.15, 0.2) is 36.4 Å². The molecule has 1 aromatic heterocycles. The minimum absolute atomic E-state index is 0.00699. The molecule has 152 valence electrons. The van der Waals surface area contributed by atoms with Gasteiger partial charge in [-0.15, -0.1) is 11.3 Å². The van der Waals surface area contributed by atoms with Gasteiger partial charge in [-0.05, 0) is 42.7 Å². The average Bonchev–Trinajstić information content (AvgIpc) is 3.18. The number of nitrogens with zero attached hydrogens (tertiary/aromatic N) is 1. The van der Waals surface area contributed by atoms with Gasteiger partial charge in [0.25, 0.3) is 0 Å². The van der Waals surface area contributed by atoms with E-state index < -0.39 is 0 Å². The molecular weight excluding hydrogens is 376 g/mol. The summed E-state index contributed by atoms with van der Waals surface area (Å²) in [5.74, 6) is 5.72. The van der Waals surface area contributed by atoms with Gasteiger partial charge in [-0.25, -0.2) is 0 Å². The third kappa shape index (κ3) is 6.05. The molecule has 4 N–H and O–H groups in total. The van der Waals surface area contributed by atoms with E-state index in [0.29, 0.717) is 12.4 Å². The van der Waals surface area contributed by atoms with Crippen molar-refractivity contribution in [3.8, 4) is 16.2 Å². The molecule has 0 spiro atoms. The molecule has 0 aliphatic rings. The van der Waals surface area contributed by atoms with E-state index in [4.69, 9.17) is 10.6 Å². The van der Waals surface area contributed by atoms with Gasteiger partial charge in [-0.2, -0.15) is 5.53 Å². The second-order valence-corrected chi connectivity index (χ2v) is 7.42. The Hall–Kier alpha value is -2.42. The summed E-state index contributed by atoms with van der Waals surface area (Å²) in [6.45, 7) is 4.70. The lowest BCUT2D eigenvalue weighted by atomic mass is 10.1. The van der Waals surface area contributed by atoms with Gasteiger partial charge < -0.3 is 10.2 Å². The standard InChI is InChI=1S/C20H28N4O3S/c1-3-5-7-13-27-18-10-9-15(14-17(18)24(25)26)19-11-12-20(28-19)16(22-23-21)8-6-4-2/h8-12,14,22-23H,3-7,13,21H2,1-2H3/b16-8+. The summed E-state index contributed by atoms with van der Waals surface area (Å²) in [5.41, 5.74) is 7.09. The first-order chi connectivity index (χ1) is 13.6. The molecule has 8 heteroatoms. The van der Waals surface area contributed by atoms with E-state index in [1.54, 1.807) is 23.5 Å². The fourth-order valence-corrected chi connectivity index (χ4v) is 3.69. The Kier molecular flexibility index (Phi) is 8.93. The molecule has 0 unspecified atom stereocenters. The van der Waals surface area contributed by atoms with Crippen molar-refractivity contribution in [2.45, 2.75) is 46.0 Å². The topological polar surface area (TPSA) is 102 Å². The van der Waals surface area contributed by atoms with E-state index in [0.717, 1.165) is 53.1 Å². The van der Waals surface area contributed by atoms with Crippen LogP contribution in [-0.2, 0) is 0 Å². The van der Waals surface area contributed by atoms with Crippen molar-refractivity contribution in [3.05, 3.63) is 51.4 Å². The van der Waals surface area contributed by atoms with E-state index in [1.807, 2.05) is 18.2 Å². The van der Waals surface area contributed by atoms with Crippen molar-refractivity contribution >= 4 is 22.7 Å². The van der Waals surface area contributed by atoms with E-state index in [2.05, 4.69) is 30.9 Å². The van der Waals surface area contributed by atoms with Crippen molar-refractivity contribution in [2.75, 3.05) is 6.61 Å². The monoisotopic (exact) mass is 404 g/mol. The highest BCUT2D eigenvalue weighted by atomic mass is 32.1. The van der Waals surface area contributed by atoms with Crippen LogP contribution < -0.4 is 21.5 Å². The lowest BCUT2D eigenvalue weighted by Gasteiger charge is -2.08. The number of nitrogens with one attached hydrogen (secondary N) is 2. The predicted octanol–water partition coefficient (Wildman–Crippen LogP) is 5.00. The average molecular weight is 405 g/mol. The first-order valence-electron chi connectivity index (χ1n) is 9.54. The van der Waals surface area contributed by atoms with Crippen LogP contribution in [0.5, 0.6) is 5.75 Å². The second kappa shape index (κ2) is 11.4. The summed E-state index contributed by atoms with van der Waals surface area (Å²) in [6.07, 6.45) is 7.04. The SMILES string of the molecule is CCC/C=C(/NNN)c1ccc(-c2ccc(OCCCCC)c([N+](=O)[O-])c2)s1. The Morgan fingerprint density at radius 3 is 2.75 bits per heavy atom. The number of allylic oxidation sites excluding steroid dienone is 1. The number of benzene rings is 1. The molecule has 0 radical (unpaired) electrons. The van der Waals surface area contributed by atoms with Crippen molar-refractivity contribution in [3.63, 3.8) is 0 Å². The minimum atomic E-state index is -0.389. The number of hydrogen-bond donors (Lipinski definition) is 3. The van der Waals surface area contributed by atoms with Gasteiger partial charge in [0.2, 0.25) is 0 Å². The van der Waals surface area contributed by atoms with Crippen LogP contribution in [0.1, 0.15) is 50.8 Å². The molecule has 2 rings (SSSR count). The summed E-state index contributed by atoms with van der Waals surface area (Å²) in [6, 6.07) is 9.06. The summed E-state index contributed by atoms with van der Waals surface area (Å²) >= 11 is 1.55. The molecule has 0 aliphatic heterocycles. The zero-order valence-electron chi connectivity index (χ0n) is 16.4. The molecule has 7 nitrogen and oxygen atoms in total. The Labute approximate surface area is 169 Å². The molecule has 0 amide bonds. The first kappa shape index (κ1) is 21.9. The maximum atomic E-state index is 11.5. The molecule has 0 fully saturated rings. The van der Waals surface area contributed by atoms with Gasteiger partial charge in [-0.3, -0.25) is 16.0 Å². The Balaban J connectivity index is 2.24. The quantitative estimate of drug-likeness (QED) is 0.199. The lowest BCUT2D eigenvalue weighted by molar-refractivity contribution is -0.385. The zero-order valence-corrected chi connectivity index (χ0v) is 17.2. The maximum Gasteiger partial charge on any atom is 0.311 e. The number of nitrogens with two attached hydrogens (primary N) is 1. The number of hydrogen-bond acceptors (Lipinski definition) is 7.